The molecule has 0 unspecified atom stereocenters. The van der Waals surface area contributed by atoms with E-state index in [1.165, 1.54) is 18.2 Å². The Hall–Kier alpha value is -3.09. The van der Waals surface area contributed by atoms with Crippen molar-refractivity contribution in [3.63, 3.8) is 0 Å². The maximum atomic E-state index is 12.7. The van der Waals surface area contributed by atoms with E-state index in [9.17, 15) is 9.59 Å². The van der Waals surface area contributed by atoms with Gasteiger partial charge < -0.3 is 15.4 Å². The van der Waals surface area contributed by atoms with Gasteiger partial charge in [0.15, 0.2) is 0 Å². The van der Waals surface area contributed by atoms with Crippen LogP contribution in [0.4, 0.5) is 4.79 Å². The van der Waals surface area contributed by atoms with E-state index < -0.39 is 12.0 Å². The quantitative estimate of drug-likeness (QED) is 0.696. The second-order valence-electron chi connectivity index (χ2n) is 7.52. The number of carbonyl (C=O) groups is 2. The van der Waals surface area contributed by atoms with Crippen LogP contribution in [0.25, 0.3) is 5.57 Å². The summed E-state index contributed by atoms with van der Waals surface area (Å²) in [4.78, 5) is 27.3. The van der Waals surface area contributed by atoms with Gasteiger partial charge in [-0.2, -0.15) is 0 Å². The third-order valence-electron chi connectivity index (χ3n) is 5.59. The van der Waals surface area contributed by atoms with Gasteiger partial charge >= 0.3 is 12.0 Å². The van der Waals surface area contributed by atoms with E-state index in [2.05, 4.69) is 33.7 Å². The highest BCUT2D eigenvalue weighted by molar-refractivity contribution is 6.31. The van der Waals surface area contributed by atoms with Crippen molar-refractivity contribution < 1.29 is 14.3 Å². The van der Waals surface area contributed by atoms with Crippen LogP contribution in [0.3, 0.4) is 0 Å². The highest BCUT2D eigenvalue weighted by Crippen LogP contribution is 2.32. The normalized spacial score (nSPS) is 19.4. The Morgan fingerprint density at radius 1 is 1.16 bits per heavy atom. The van der Waals surface area contributed by atoms with Crippen LogP contribution in [0.2, 0.25) is 5.02 Å². The predicted octanol–water partition coefficient (Wildman–Crippen LogP) is 3.91. The highest BCUT2D eigenvalue weighted by atomic mass is 35.5. The maximum absolute atomic E-state index is 12.7. The van der Waals surface area contributed by atoms with Crippen LogP contribution in [0.15, 0.2) is 71.9 Å². The summed E-state index contributed by atoms with van der Waals surface area (Å²) in [6, 6.07) is 16.4. The Morgan fingerprint density at radius 2 is 1.90 bits per heavy atom. The molecule has 2 aliphatic heterocycles. The Morgan fingerprint density at radius 3 is 2.58 bits per heavy atom. The molecule has 7 heteroatoms. The standard InChI is InChI=1S/C24H24ClN3O3/c1-31-23(29)21-20(26-24(30)27-22(21)18-9-5-6-10-19(18)25)15-28-13-11-17(12-14-28)16-7-3-2-4-8-16/h2-11,22H,12-15H2,1H3,(H2,26,27,30)/t22-/m0/s1. The summed E-state index contributed by atoms with van der Waals surface area (Å²) in [6.07, 6.45) is 3.09. The molecule has 0 spiro atoms. The average Bonchev–Trinajstić information content (AvgIpc) is 2.80. The molecule has 1 atom stereocenters. The van der Waals surface area contributed by atoms with Crippen molar-refractivity contribution in [2.75, 3.05) is 26.7 Å². The molecular formula is C24H24ClN3O3. The van der Waals surface area contributed by atoms with Crippen molar-refractivity contribution in [1.82, 2.24) is 15.5 Å². The van der Waals surface area contributed by atoms with Gasteiger partial charge in [-0.1, -0.05) is 66.2 Å². The third kappa shape index (κ3) is 4.65. The Bertz CT molecular complexity index is 1050. The molecule has 2 aromatic rings. The van der Waals surface area contributed by atoms with Crippen molar-refractivity contribution in [2.45, 2.75) is 12.5 Å². The monoisotopic (exact) mass is 437 g/mol. The largest absolute Gasteiger partial charge is 0.466 e. The lowest BCUT2D eigenvalue weighted by atomic mass is 9.94. The van der Waals surface area contributed by atoms with Gasteiger partial charge in [0.05, 0.1) is 18.7 Å². The Balaban J connectivity index is 1.61. The molecule has 2 aromatic carbocycles. The number of hydrogen-bond acceptors (Lipinski definition) is 4. The minimum absolute atomic E-state index is 0.369. The lowest BCUT2D eigenvalue weighted by Crippen LogP contribution is -2.48. The molecule has 31 heavy (non-hydrogen) atoms. The number of halogens is 1. The van der Waals surface area contributed by atoms with Gasteiger partial charge in [0.2, 0.25) is 0 Å². The zero-order valence-electron chi connectivity index (χ0n) is 17.2. The van der Waals surface area contributed by atoms with E-state index in [1.807, 2.05) is 30.3 Å². The lowest BCUT2D eigenvalue weighted by molar-refractivity contribution is -0.136. The van der Waals surface area contributed by atoms with Gasteiger partial charge in [-0.25, -0.2) is 9.59 Å². The van der Waals surface area contributed by atoms with Crippen LogP contribution in [0.5, 0.6) is 0 Å². The first-order valence-electron chi connectivity index (χ1n) is 10.2. The van der Waals surface area contributed by atoms with E-state index in [4.69, 9.17) is 16.3 Å². The van der Waals surface area contributed by atoms with Crippen molar-refractivity contribution >= 4 is 29.2 Å². The van der Waals surface area contributed by atoms with Gasteiger partial charge in [-0.3, -0.25) is 4.90 Å². The number of esters is 1. The zero-order valence-corrected chi connectivity index (χ0v) is 18.0. The van der Waals surface area contributed by atoms with Crippen LogP contribution >= 0.6 is 11.6 Å². The SMILES string of the molecule is COC(=O)C1=C(CN2CC=C(c3ccccc3)CC2)NC(=O)N[C@H]1c1ccccc1Cl. The van der Waals surface area contributed by atoms with Crippen LogP contribution in [-0.2, 0) is 9.53 Å². The van der Waals surface area contributed by atoms with Crippen molar-refractivity contribution in [3.05, 3.63) is 88.1 Å². The van der Waals surface area contributed by atoms with Crippen molar-refractivity contribution in [1.29, 1.82) is 0 Å². The third-order valence-corrected chi connectivity index (χ3v) is 5.94. The number of hydrogen-bond donors (Lipinski definition) is 2. The number of methoxy groups -OCH3 is 1. The van der Waals surface area contributed by atoms with E-state index >= 15 is 0 Å². The van der Waals surface area contributed by atoms with Gasteiger partial charge in [0.25, 0.3) is 0 Å². The summed E-state index contributed by atoms with van der Waals surface area (Å²) >= 11 is 6.37. The first-order chi connectivity index (χ1) is 15.1. The molecule has 0 aromatic heterocycles. The fourth-order valence-electron chi connectivity index (χ4n) is 4.03. The van der Waals surface area contributed by atoms with E-state index in [1.54, 1.807) is 12.1 Å². The Labute approximate surface area is 186 Å². The van der Waals surface area contributed by atoms with Gasteiger partial charge in [-0.05, 0) is 29.2 Å². The van der Waals surface area contributed by atoms with Crippen molar-refractivity contribution in [3.8, 4) is 0 Å². The number of urea groups is 1. The molecule has 0 bridgehead atoms. The smallest absolute Gasteiger partial charge is 0.338 e. The van der Waals surface area contributed by atoms with Crippen molar-refractivity contribution in [2.24, 2.45) is 0 Å². The molecule has 4 rings (SSSR count). The first kappa shape index (κ1) is 21.2. The number of amides is 2. The average molecular weight is 438 g/mol. The van der Waals surface area contributed by atoms with Gasteiger partial charge in [0, 0.05) is 30.4 Å². The molecular weight excluding hydrogens is 414 g/mol. The molecule has 0 aliphatic carbocycles. The molecule has 0 fully saturated rings. The van der Waals surface area contributed by atoms with Crippen LogP contribution in [0, 0.1) is 0 Å². The molecule has 2 N–H and O–H groups in total. The molecule has 0 saturated heterocycles. The maximum Gasteiger partial charge on any atom is 0.338 e. The second kappa shape index (κ2) is 9.37. The number of ether oxygens (including phenoxy) is 1. The summed E-state index contributed by atoms with van der Waals surface area (Å²) in [5.41, 5.74) is 4.10. The second-order valence-corrected chi connectivity index (χ2v) is 7.92. The summed E-state index contributed by atoms with van der Waals surface area (Å²) in [5.74, 6) is -0.495. The first-order valence-corrected chi connectivity index (χ1v) is 10.5. The minimum Gasteiger partial charge on any atom is -0.466 e. The molecule has 6 nitrogen and oxygen atoms in total. The number of nitrogens with zero attached hydrogens (tertiary/aromatic N) is 1. The van der Waals surface area contributed by atoms with E-state index in [0.717, 1.165) is 19.5 Å². The molecule has 160 valence electrons. The molecule has 0 saturated carbocycles. The lowest BCUT2D eigenvalue weighted by Gasteiger charge is -2.33. The van der Waals surface area contributed by atoms with Crippen LogP contribution in [-0.4, -0.2) is 43.6 Å². The number of rotatable bonds is 5. The minimum atomic E-state index is -0.676. The fraction of sp³-hybridized carbons (Fsp3) is 0.250. The molecule has 2 heterocycles. The van der Waals surface area contributed by atoms with E-state index in [-0.39, 0.29) is 6.03 Å². The molecule has 2 aliphatic rings. The van der Waals surface area contributed by atoms with E-state index in [0.29, 0.717) is 28.4 Å². The Kier molecular flexibility index (Phi) is 6.39. The summed E-state index contributed by atoms with van der Waals surface area (Å²) in [6.45, 7) is 1.97. The van der Waals surface area contributed by atoms with Crippen LogP contribution < -0.4 is 10.6 Å². The summed E-state index contributed by atoms with van der Waals surface area (Å²) in [5, 5.41) is 6.10. The predicted molar refractivity (Wildman–Crippen MR) is 120 cm³/mol. The zero-order chi connectivity index (χ0) is 21.8. The van der Waals surface area contributed by atoms with Gasteiger partial charge in [-0.15, -0.1) is 0 Å². The number of carbonyl (C=O) groups excluding carboxylic acids is 2. The highest BCUT2D eigenvalue weighted by Gasteiger charge is 2.35. The van der Waals surface area contributed by atoms with Gasteiger partial charge in [0.1, 0.15) is 0 Å². The number of nitrogens with one attached hydrogen (secondary N) is 2. The summed E-state index contributed by atoms with van der Waals surface area (Å²) < 4.78 is 5.05. The van der Waals surface area contributed by atoms with Crippen LogP contribution in [0.1, 0.15) is 23.6 Å². The fourth-order valence-corrected chi connectivity index (χ4v) is 4.27. The molecule has 0 radical (unpaired) electrons. The number of benzene rings is 2. The topological polar surface area (TPSA) is 70.7 Å². The molecule has 2 amide bonds. The summed E-state index contributed by atoms with van der Waals surface area (Å²) in [7, 11) is 1.34.